The summed E-state index contributed by atoms with van der Waals surface area (Å²) in [5, 5.41) is 15.7. The Morgan fingerprint density at radius 1 is 1.36 bits per heavy atom. The van der Waals surface area contributed by atoms with Crippen LogP contribution in [0.15, 0.2) is 41.8 Å². The highest BCUT2D eigenvalue weighted by atomic mass is 35.5. The molecular weight excluding hydrogens is 320 g/mol. The lowest BCUT2D eigenvalue weighted by atomic mass is 10.2. The van der Waals surface area contributed by atoms with E-state index in [-0.39, 0.29) is 0 Å². The van der Waals surface area contributed by atoms with Crippen molar-refractivity contribution in [3.8, 4) is 0 Å². The van der Waals surface area contributed by atoms with Crippen LogP contribution in [0.5, 0.6) is 0 Å². The molecule has 3 rings (SSSR count). The Morgan fingerprint density at radius 3 is 2.82 bits per heavy atom. The Bertz CT molecular complexity index is 861. The zero-order valence-corrected chi connectivity index (χ0v) is 13.3. The van der Waals surface area contributed by atoms with E-state index in [1.54, 1.807) is 10.9 Å². The maximum absolute atomic E-state index is 6.41. The van der Waals surface area contributed by atoms with Gasteiger partial charge in [-0.15, -0.1) is 0 Å². The quantitative estimate of drug-likeness (QED) is 0.590. The van der Waals surface area contributed by atoms with Gasteiger partial charge in [0.2, 0.25) is 4.77 Å². The fourth-order valence-electron chi connectivity index (χ4n) is 2.02. The van der Waals surface area contributed by atoms with Crippen LogP contribution in [0.1, 0.15) is 16.8 Å². The van der Waals surface area contributed by atoms with Gasteiger partial charge in [0, 0.05) is 0 Å². The molecule has 2 heterocycles. The SMILES string of the molecule is Cc1nn(Cc2ccccc2)c(Cl)c1C=Nn1cn[nH]c1=S. The summed E-state index contributed by atoms with van der Waals surface area (Å²) >= 11 is 11.4. The molecule has 6 nitrogen and oxygen atoms in total. The summed E-state index contributed by atoms with van der Waals surface area (Å²) in [6.07, 6.45) is 3.13. The second-order valence-corrected chi connectivity index (χ2v) is 5.43. The van der Waals surface area contributed by atoms with Gasteiger partial charge in [0.1, 0.15) is 11.5 Å². The fraction of sp³-hybridized carbons (Fsp3) is 0.143. The van der Waals surface area contributed by atoms with Crippen molar-refractivity contribution in [2.24, 2.45) is 5.10 Å². The van der Waals surface area contributed by atoms with E-state index in [2.05, 4.69) is 20.4 Å². The van der Waals surface area contributed by atoms with Gasteiger partial charge in [0.25, 0.3) is 0 Å². The average molecular weight is 333 g/mol. The minimum atomic E-state index is 0.418. The highest BCUT2D eigenvalue weighted by Crippen LogP contribution is 2.19. The van der Waals surface area contributed by atoms with Crippen molar-refractivity contribution in [1.29, 1.82) is 0 Å². The van der Waals surface area contributed by atoms with Crippen molar-refractivity contribution in [1.82, 2.24) is 24.7 Å². The van der Waals surface area contributed by atoms with Crippen LogP contribution in [-0.4, -0.2) is 30.9 Å². The molecule has 0 spiro atoms. The molecule has 0 aliphatic carbocycles. The number of nitrogens with zero attached hydrogens (tertiary/aromatic N) is 5. The molecule has 22 heavy (non-hydrogen) atoms. The number of aromatic amines is 1. The predicted octanol–water partition coefficient (Wildman–Crippen LogP) is 3.03. The summed E-state index contributed by atoms with van der Waals surface area (Å²) in [5.41, 5.74) is 2.70. The molecule has 0 fully saturated rings. The minimum Gasteiger partial charge on any atom is -0.250 e. The van der Waals surface area contributed by atoms with Crippen LogP contribution in [0, 0.1) is 11.7 Å². The number of halogens is 1. The number of H-pyrrole nitrogens is 1. The zero-order chi connectivity index (χ0) is 15.5. The molecule has 112 valence electrons. The second-order valence-electron chi connectivity index (χ2n) is 4.68. The van der Waals surface area contributed by atoms with E-state index >= 15 is 0 Å². The molecule has 0 aliphatic heterocycles. The Hall–Kier alpha value is -2.25. The highest BCUT2D eigenvalue weighted by molar-refractivity contribution is 7.71. The lowest BCUT2D eigenvalue weighted by Gasteiger charge is -2.03. The molecule has 2 aromatic heterocycles. The van der Waals surface area contributed by atoms with Gasteiger partial charge < -0.3 is 0 Å². The van der Waals surface area contributed by atoms with Gasteiger partial charge in [-0.05, 0) is 24.7 Å². The van der Waals surface area contributed by atoms with Gasteiger partial charge in [0.15, 0.2) is 0 Å². The van der Waals surface area contributed by atoms with Gasteiger partial charge >= 0.3 is 0 Å². The van der Waals surface area contributed by atoms with Crippen LogP contribution in [0.2, 0.25) is 5.15 Å². The third kappa shape index (κ3) is 3.00. The van der Waals surface area contributed by atoms with Gasteiger partial charge in [-0.2, -0.15) is 20.0 Å². The number of benzene rings is 1. The molecule has 3 aromatic rings. The van der Waals surface area contributed by atoms with Crippen LogP contribution in [0.25, 0.3) is 0 Å². The highest BCUT2D eigenvalue weighted by Gasteiger charge is 2.12. The first-order valence-corrected chi connectivity index (χ1v) is 7.37. The summed E-state index contributed by atoms with van der Waals surface area (Å²) in [6, 6.07) is 10.0. The standard InChI is InChI=1S/C14H13ClN6S/c1-10-12(7-17-21-9-16-18-14(21)22)13(15)20(19-10)8-11-5-3-2-4-6-11/h2-7,9H,8H2,1H3,(H,18,22). The van der Waals surface area contributed by atoms with Crippen molar-refractivity contribution in [2.45, 2.75) is 13.5 Å². The molecule has 0 bridgehead atoms. The van der Waals surface area contributed by atoms with E-state index in [0.717, 1.165) is 16.8 Å². The number of aromatic nitrogens is 5. The average Bonchev–Trinajstić information content (AvgIpc) is 3.03. The maximum Gasteiger partial charge on any atom is 0.216 e. The van der Waals surface area contributed by atoms with Gasteiger partial charge in [0.05, 0.1) is 24.0 Å². The van der Waals surface area contributed by atoms with Crippen LogP contribution in [-0.2, 0) is 6.54 Å². The van der Waals surface area contributed by atoms with Crippen molar-refractivity contribution in [3.63, 3.8) is 0 Å². The topological polar surface area (TPSA) is 63.8 Å². The first-order chi connectivity index (χ1) is 10.6. The lowest BCUT2D eigenvalue weighted by Crippen LogP contribution is -2.01. The van der Waals surface area contributed by atoms with Gasteiger partial charge in [-0.25, -0.2) is 4.68 Å². The predicted molar refractivity (Wildman–Crippen MR) is 87.9 cm³/mol. The van der Waals surface area contributed by atoms with Crippen LogP contribution < -0.4 is 0 Å². The molecule has 0 unspecified atom stereocenters. The Morgan fingerprint density at radius 2 is 2.14 bits per heavy atom. The first kappa shape index (κ1) is 14.7. The Balaban J connectivity index is 1.89. The third-order valence-electron chi connectivity index (χ3n) is 3.13. The van der Waals surface area contributed by atoms with Crippen molar-refractivity contribution in [3.05, 3.63) is 63.4 Å². The normalized spacial score (nSPS) is 11.4. The van der Waals surface area contributed by atoms with Crippen LogP contribution >= 0.6 is 23.8 Å². The molecule has 1 N–H and O–H groups in total. The molecule has 0 radical (unpaired) electrons. The molecule has 0 aliphatic rings. The first-order valence-electron chi connectivity index (χ1n) is 6.58. The van der Waals surface area contributed by atoms with Crippen molar-refractivity contribution in [2.75, 3.05) is 0 Å². The van der Waals surface area contributed by atoms with Gasteiger partial charge in [-0.3, -0.25) is 5.10 Å². The summed E-state index contributed by atoms with van der Waals surface area (Å²) in [6.45, 7) is 2.50. The lowest BCUT2D eigenvalue weighted by molar-refractivity contribution is 0.680. The van der Waals surface area contributed by atoms with E-state index < -0.39 is 0 Å². The van der Waals surface area contributed by atoms with Crippen LogP contribution in [0.4, 0.5) is 0 Å². The summed E-state index contributed by atoms with van der Waals surface area (Å²) < 4.78 is 3.63. The number of hydrogen-bond donors (Lipinski definition) is 1. The van der Waals surface area contributed by atoms with Crippen molar-refractivity contribution >= 4 is 30.0 Å². The summed E-state index contributed by atoms with van der Waals surface area (Å²) in [4.78, 5) is 0. The summed E-state index contributed by atoms with van der Waals surface area (Å²) in [5.74, 6) is 0. The van der Waals surface area contributed by atoms with E-state index in [9.17, 15) is 0 Å². The number of aryl methyl sites for hydroxylation is 1. The van der Waals surface area contributed by atoms with E-state index in [4.69, 9.17) is 23.8 Å². The number of nitrogens with one attached hydrogen (secondary N) is 1. The monoisotopic (exact) mass is 332 g/mol. The van der Waals surface area contributed by atoms with Crippen molar-refractivity contribution < 1.29 is 0 Å². The fourth-order valence-corrected chi connectivity index (χ4v) is 2.45. The van der Waals surface area contributed by atoms with E-state index in [0.29, 0.717) is 16.5 Å². The summed E-state index contributed by atoms with van der Waals surface area (Å²) in [7, 11) is 0. The third-order valence-corrected chi connectivity index (χ3v) is 3.81. The maximum atomic E-state index is 6.41. The number of rotatable bonds is 4. The smallest absolute Gasteiger partial charge is 0.216 e. The van der Waals surface area contributed by atoms with Gasteiger partial charge in [-0.1, -0.05) is 41.9 Å². The minimum absolute atomic E-state index is 0.418. The molecular formula is C14H13ClN6S. The Kier molecular flexibility index (Phi) is 4.17. The molecule has 0 atom stereocenters. The molecule has 0 saturated heterocycles. The zero-order valence-electron chi connectivity index (χ0n) is 11.8. The largest absolute Gasteiger partial charge is 0.250 e. The molecule has 8 heteroatoms. The Labute approximate surface area is 137 Å². The van der Waals surface area contributed by atoms with Crippen LogP contribution in [0.3, 0.4) is 0 Å². The number of hydrogen-bond acceptors (Lipinski definition) is 4. The molecule has 0 amide bonds. The molecule has 0 saturated carbocycles. The van der Waals surface area contributed by atoms with E-state index in [1.165, 1.54) is 11.0 Å². The molecule has 1 aromatic carbocycles. The van der Waals surface area contributed by atoms with E-state index in [1.807, 2.05) is 37.3 Å². The second kappa shape index (κ2) is 6.25.